The summed E-state index contributed by atoms with van der Waals surface area (Å²) in [5.74, 6) is 0.136. The fourth-order valence-electron chi connectivity index (χ4n) is 1.65. The topological polar surface area (TPSA) is 93.5 Å². The van der Waals surface area contributed by atoms with Gasteiger partial charge in [-0.25, -0.2) is 0 Å². The summed E-state index contributed by atoms with van der Waals surface area (Å²) in [6, 6.07) is 5.49. The monoisotopic (exact) mass is 329 g/mol. The Kier molecular flexibility index (Phi) is 9.98. The van der Waals surface area contributed by atoms with Crippen LogP contribution in [0.2, 0.25) is 0 Å². The Balaban J connectivity index is 0.00000441. The second-order valence-electron chi connectivity index (χ2n) is 4.71. The fourth-order valence-corrected chi connectivity index (χ4v) is 1.65. The van der Waals surface area contributed by atoms with Gasteiger partial charge in [-0.3, -0.25) is 9.59 Å². The van der Waals surface area contributed by atoms with E-state index in [-0.39, 0.29) is 37.3 Å². The third-order valence-corrected chi connectivity index (χ3v) is 2.87. The number of amides is 2. The molecule has 6 nitrogen and oxygen atoms in total. The minimum Gasteiger partial charge on any atom is -0.494 e. The van der Waals surface area contributed by atoms with Crippen molar-refractivity contribution in [2.24, 2.45) is 5.73 Å². The van der Waals surface area contributed by atoms with E-state index in [4.69, 9.17) is 10.5 Å². The molecule has 0 unspecified atom stereocenters. The van der Waals surface area contributed by atoms with Crippen LogP contribution in [-0.2, 0) is 9.59 Å². The zero-order valence-corrected chi connectivity index (χ0v) is 13.8. The number of nitrogens with one attached hydrogen (secondary N) is 2. The van der Waals surface area contributed by atoms with Crippen LogP contribution >= 0.6 is 12.4 Å². The molecule has 1 aromatic rings. The Morgan fingerprint density at radius 2 is 2.00 bits per heavy atom. The summed E-state index contributed by atoms with van der Waals surface area (Å²) >= 11 is 0. The first-order valence-electron chi connectivity index (χ1n) is 7.07. The second kappa shape index (κ2) is 10.9. The van der Waals surface area contributed by atoms with Gasteiger partial charge in [0, 0.05) is 5.69 Å². The molecule has 0 saturated heterocycles. The van der Waals surface area contributed by atoms with Crippen molar-refractivity contribution in [2.45, 2.75) is 26.7 Å². The van der Waals surface area contributed by atoms with Crippen LogP contribution < -0.4 is 21.1 Å². The molecule has 7 heteroatoms. The third kappa shape index (κ3) is 7.28. The Morgan fingerprint density at radius 3 is 2.59 bits per heavy atom. The van der Waals surface area contributed by atoms with E-state index in [9.17, 15) is 9.59 Å². The molecular weight excluding hydrogens is 306 g/mol. The lowest BCUT2D eigenvalue weighted by atomic mass is 10.2. The smallest absolute Gasteiger partial charge is 0.243 e. The lowest BCUT2D eigenvalue weighted by Gasteiger charge is -2.11. The summed E-state index contributed by atoms with van der Waals surface area (Å²) in [7, 11) is 0. The highest BCUT2D eigenvalue weighted by atomic mass is 35.5. The summed E-state index contributed by atoms with van der Waals surface area (Å²) < 4.78 is 5.60. The molecule has 22 heavy (non-hydrogen) atoms. The SMILES string of the molecule is CCCCOc1ccc(NC(=O)CNC(=O)CN)c(C)c1.Cl. The molecule has 0 radical (unpaired) electrons. The van der Waals surface area contributed by atoms with Gasteiger partial charge in [-0.2, -0.15) is 0 Å². The zero-order chi connectivity index (χ0) is 15.7. The number of hydrogen-bond donors (Lipinski definition) is 3. The van der Waals surface area contributed by atoms with E-state index in [2.05, 4.69) is 17.6 Å². The van der Waals surface area contributed by atoms with Gasteiger partial charge in [-0.15, -0.1) is 12.4 Å². The number of halogens is 1. The zero-order valence-electron chi connectivity index (χ0n) is 13.0. The van der Waals surface area contributed by atoms with Crippen LogP contribution in [0.5, 0.6) is 5.75 Å². The maximum absolute atomic E-state index is 11.7. The number of ether oxygens (including phenoxy) is 1. The van der Waals surface area contributed by atoms with Crippen molar-refractivity contribution in [3.8, 4) is 5.75 Å². The quantitative estimate of drug-likeness (QED) is 0.632. The van der Waals surface area contributed by atoms with E-state index in [0.717, 1.165) is 24.2 Å². The summed E-state index contributed by atoms with van der Waals surface area (Å²) in [6.45, 7) is 4.46. The van der Waals surface area contributed by atoms with Crippen LogP contribution in [-0.4, -0.2) is 31.5 Å². The Hall–Kier alpha value is -1.79. The maximum Gasteiger partial charge on any atom is 0.243 e. The Labute approximate surface area is 137 Å². The van der Waals surface area contributed by atoms with E-state index in [1.165, 1.54) is 0 Å². The highest BCUT2D eigenvalue weighted by molar-refractivity contribution is 5.95. The molecule has 0 fully saturated rings. The number of unbranched alkanes of at least 4 members (excludes halogenated alkanes) is 1. The number of rotatable bonds is 8. The summed E-state index contributed by atoms with van der Waals surface area (Å²) in [5.41, 5.74) is 6.75. The van der Waals surface area contributed by atoms with Crippen LogP contribution in [0.1, 0.15) is 25.3 Å². The van der Waals surface area contributed by atoms with Crippen LogP contribution in [0.3, 0.4) is 0 Å². The first-order valence-corrected chi connectivity index (χ1v) is 7.07. The molecule has 0 aliphatic rings. The van der Waals surface area contributed by atoms with Crippen molar-refractivity contribution >= 4 is 29.9 Å². The van der Waals surface area contributed by atoms with Gasteiger partial charge in [0.15, 0.2) is 0 Å². The molecule has 1 aromatic carbocycles. The number of benzene rings is 1. The van der Waals surface area contributed by atoms with Crippen molar-refractivity contribution in [3.05, 3.63) is 23.8 Å². The third-order valence-electron chi connectivity index (χ3n) is 2.87. The fraction of sp³-hybridized carbons (Fsp3) is 0.467. The van der Waals surface area contributed by atoms with Gasteiger partial charge in [0.25, 0.3) is 0 Å². The van der Waals surface area contributed by atoms with Crippen LogP contribution in [0.4, 0.5) is 5.69 Å². The van der Waals surface area contributed by atoms with Gasteiger partial charge in [0.1, 0.15) is 5.75 Å². The predicted molar refractivity (Wildman–Crippen MR) is 89.5 cm³/mol. The molecule has 0 atom stereocenters. The van der Waals surface area contributed by atoms with Crippen LogP contribution in [0.15, 0.2) is 18.2 Å². The predicted octanol–water partition coefficient (Wildman–Crippen LogP) is 1.61. The van der Waals surface area contributed by atoms with Crippen molar-refractivity contribution in [1.29, 1.82) is 0 Å². The van der Waals surface area contributed by atoms with Crippen molar-refractivity contribution in [1.82, 2.24) is 5.32 Å². The molecule has 0 aromatic heterocycles. The van der Waals surface area contributed by atoms with Gasteiger partial charge in [0.05, 0.1) is 19.7 Å². The highest BCUT2D eigenvalue weighted by Gasteiger charge is 2.07. The number of anilines is 1. The van der Waals surface area contributed by atoms with Gasteiger partial charge >= 0.3 is 0 Å². The van der Waals surface area contributed by atoms with E-state index in [0.29, 0.717) is 12.3 Å². The average Bonchev–Trinajstić information content (AvgIpc) is 2.47. The summed E-state index contributed by atoms with van der Waals surface area (Å²) in [4.78, 5) is 22.7. The molecular formula is C15H24ClN3O3. The number of carbonyl (C=O) groups is 2. The van der Waals surface area contributed by atoms with Crippen molar-refractivity contribution < 1.29 is 14.3 Å². The molecule has 0 aliphatic heterocycles. The van der Waals surface area contributed by atoms with E-state index in [1.54, 1.807) is 6.07 Å². The molecule has 0 aliphatic carbocycles. The Morgan fingerprint density at radius 1 is 1.27 bits per heavy atom. The second-order valence-corrected chi connectivity index (χ2v) is 4.71. The van der Waals surface area contributed by atoms with Crippen molar-refractivity contribution in [2.75, 3.05) is 25.0 Å². The molecule has 4 N–H and O–H groups in total. The number of aryl methyl sites for hydroxylation is 1. The van der Waals surface area contributed by atoms with Gasteiger partial charge in [-0.1, -0.05) is 13.3 Å². The largest absolute Gasteiger partial charge is 0.494 e. The lowest BCUT2D eigenvalue weighted by Crippen LogP contribution is -2.36. The van der Waals surface area contributed by atoms with Crippen LogP contribution in [0.25, 0.3) is 0 Å². The molecule has 1 rings (SSSR count). The number of hydrogen-bond acceptors (Lipinski definition) is 4. The number of nitrogens with two attached hydrogens (primary N) is 1. The van der Waals surface area contributed by atoms with Crippen LogP contribution in [0, 0.1) is 6.92 Å². The van der Waals surface area contributed by atoms with Crippen molar-refractivity contribution in [3.63, 3.8) is 0 Å². The van der Waals surface area contributed by atoms with E-state index in [1.807, 2.05) is 19.1 Å². The molecule has 2 amide bonds. The van der Waals surface area contributed by atoms with E-state index < -0.39 is 0 Å². The Bertz CT molecular complexity index is 495. The molecule has 124 valence electrons. The molecule has 0 saturated carbocycles. The average molecular weight is 330 g/mol. The maximum atomic E-state index is 11.7. The highest BCUT2D eigenvalue weighted by Crippen LogP contribution is 2.21. The van der Waals surface area contributed by atoms with E-state index >= 15 is 0 Å². The molecule has 0 spiro atoms. The minimum absolute atomic E-state index is 0. The first-order chi connectivity index (χ1) is 10.1. The van der Waals surface area contributed by atoms with Gasteiger partial charge < -0.3 is 21.1 Å². The van der Waals surface area contributed by atoms with Gasteiger partial charge in [0.2, 0.25) is 11.8 Å². The summed E-state index contributed by atoms with van der Waals surface area (Å²) in [5, 5.41) is 5.15. The lowest BCUT2D eigenvalue weighted by molar-refractivity contribution is -0.123. The summed E-state index contributed by atoms with van der Waals surface area (Å²) in [6.07, 6.45) is 2.10. The standard InChI is InChI=1S/C15H23N3O3.ClH/c1-3-4-7-21-12-5-6-13(11(2)8-12)18-15(20)10-17-14(19)9-16;/h5-6,8H,3-4,7,9-10,16H2,1-2H3,(H,17,19)(H,18,20);1H. The minimum atomic E-state index is -0.360. The number of carbonyl (C=O) groups excluding carboxylic acids is 2. The molecule has 0 bridgehead atoms. The first kappa shape index (κ1) is 20.2. The van der Waals surface area contributed by atoms with Gasteiger partial charge in [-0.05, 0) is 37.1 Å². The normalized spacial score (nSPS) is 9.59. The molecule has 0 heterocycles.